The summed E-state index contributed by atoms with van der Waals surface area (Å²) in [7, 11) is 0. The van der Waals surface area contributed by atoms with Gasteiger partial charge in [-0.15, -0.1) is 24.0 Å². The first-order valence-electron chi connectivity index (χ1n) is 7.48. The van der Waals surface area contributed by atoms with E-state index in [4.69, 9.17) is 10.5 Å². The molecule has 2 aromatic carbocycles. The average molecular weight is 425 g/mol. The second-order valence-electron chi connectivity index (χ2n) is 5.51. The van der Waals surface area contributed by atoms with Gasteiger partial charge >= 0.3 is 0 Å². The van der Waals surface area contributed by atoms with Crippen molar-refractivity contribution in [3.63, 3.8) is 0 Å². The Labute approximate surface area is 155 Å². The van der Waals surface area contributed by atoms with E-state index in [0.717, 1.165) is 17.0 Å². The summed E-state index contributed by atoms with van der Waals surface area (Å²) in [6.07, 6.45) is 0. The third-order valence-corrected chi connectivity index (χ3v) is 3.01. The molecule has 0 spiro atoms. The molecule has 4 nitrogen and oxygen atoms in total. The fraction of sp³-hybridized carbons (Fsp3) is 0.278. The van der Waals surface area contributed by atoms with Crippen molar-refractivity contribution in [3.05, 3.63) is 60.2 Å². The Morgan fingerprint density at radius 1 is 1.09 bits per heavy atom. The molecule has 0 aliphatic rings. The highest BCUT2D eigenvalue weighted by molar-refractivity contribution is 14.0. The normalized spacial score (nSPS) is 11.0. The summed E-state index contributed by atoms with van der Waals surface area (Å²) in [5, 5.41) is 3.07. The molecule has 0 radical (unpaired) electrons. The minimum atomic E-state index is 0. The second kappa shape index (κ2) is 10.1. The van der Waals surface area contributed by atoms with Crippen LogP contribution in [0.4, 0.5) is 5.69 Å². The molecule has 0 bridgehead atoms. The third kappa shape index (κ3) is 6.90. The van der Waals surface area contributed by atoms with Gasteiger partial charge in [-0.25, -0.2) is 4.99 Å². The number of hydrogen-bond acceptors (Lipinski definition) is 2. The Morgan fingerprint density at radius 3 is 2.43 bits per heavy atom. The lowest BCUT2D eigenvalue weighted by molar-refractivity contribution is 0.268. The molecule has 0 aromatic heterocycles. The van der Waals surface area contributed by atoms with Gasteiger partial charge < -0.3 is 15.8 Å². The van der Waals surface area contributed by atoms with Gasteiger partial charge in [0.25, 0.3) is 0 Å². The molecule has 0 fully saturated rings. The van der Waals surface area contributed by atoms with Crippen LogP contribution in [-0.4, -0.2) is 12.6 Å². The highest BCUT2D eigenvalue weighted by atomic mass is 127. The first-order valence-corrected chi connectivity index (χ1v) is 7.48. The highest BCUT2D eigenvalue weighted by Gasteiger charge is 2.04. The van der Waals surface area contributed by atoms with Gasteiger partial charge in [0.05, 0.1) is 13.2 Å². The lowest BCUT2D eigenvalue weighted by Gasteiger charge is -2.12. The molecule has 0 saturated heterocycles. The van der Waals surface area contributed by atoms with Crippen LogP contribution in [0.5, 0.6) is 5.75 Å². The fourth-order valence-corrected chi connectivity index (χ4v) is 1.91. The number of anilines is 1. The zero-order valence-electron chi connectivity index (χ0n) is 13.5. The molecular formula is C18H24IN3O. The van der Waals surface area contributed by atoms with Gasteiger partial charge in [-0.1, -0.05) is 50.2 Å². The van der Waals surface area contributed by atoms with E-state index in [1.165, 1.54) is 0 Å². The van der Waals surface area contributed by atoms with Crippen molar-refractivity contribution < 1.29 is 4.74 Å². The number of rotatable bonds is 6. The predicted octanol–water partition coefficient (Wildman–Crippen LogP) is 4.27. The number of para-hydroxylation sites is 2. The molecule has 0 aliphatic carbocycles. The van der Waals surface area contributed by atoms with Gasteiger partial charge in [-0.3, -0.25) is 0 Å². The van der Waals surface area contributed by atoms with E-state index in [2.05, 4.69) is 24.2 Å². The van der Waals surface area contributed by atoms with Crippen molar-refractivity contribution in [1.82, 2.24) is 0 Å². The first kappa shape index (κ1) is 19.3. The van der Waals surface area contributed by atoms with Crippen LogP contribution in [0.3, 0.4) is 0 Å². The van der Waals surface area contributed by atoms with Crippen molar-refractivity contribution in [3.8, 4) is 5.75 Å². The highest BCUT2D eigenvalue weighted by Crippen LogP contribution is 2.19. The van der Waals surface area contributed by atoms with E-state index in [0.29, 0.717) is 25.0 Å². The summed E-state index contributed by atoms with van der Waals surface area (Å²) in [6, 6.07) is 17.7. The van der Waals surface area contributed by atoms with Gasteiger partial charge in [0.1, 0.15) is 5.75 Å². The second-order valence-corrected chi connectivity index (χ2v) is 5.51. The van der Waals surface area contributed by atoms with Crippen LogP contribution in [0.15, 0.2) is 59.6 Å². The largest absolute Gasteiger partial charge is 0.493 e. The maximum absolute atomic E-state index is 5.92. The minimum Gasteiger partial charge on any atom is -0.493 e. The van der Waals surface area contributed by atoms with Crippen LogP contribution >= 0.6 is 24.0 Å². The lowest BCUT2D eigenvalue weighted by atomic mass is 10.2. The molecule has 0 saturated carbocycles. The number of nitrogens with two attached hydrogens (primary N) is 1. The van der Waals surface area contributed by atoms with Crippen LogP contribution in [-0.2, 0) is 6.54 Å². The molecule has 0 amide bonds. The summed E-state index contributed by atoms with van der Waals surface area (Å²) in [4.78, 5) is 4.38. The number of nitrogens with one attached hydrogen (secondary N) is 1. The van der Waals surface area contributed by atoms with Gasteiger partial charge in [0, 0.05) is 11.3 Å². The van der Waals surface area contributed by atoms with E-state index < -0.39 is 0 Å². The fourth-order valence-electron chi connectivity index (χ4n) is 1.91. The topological polar surface area (TPSA) is 59.6 Å². The summed E-state index contributed by atoms with van der Waals surface area (Å²) in [5.74, 6) is 1.75. The maximum Gasteiger partial charge on any atom is 0.193 e. The third-order valence-electron chi connectivity index (χ3n) is 3.01. The van der Waals surface area contributed by atoms with E-state index in [1.54, 1.807) is 0 Å². The summed E-state index contributed by atoms with van der Waals surface area (Å²) < 4.78 is 5.82. The van der Waals surface area contributed by atoms with E-state index in [9.17, 15) is 0 Å². The zero-order chi connectivity index (χ0) is 15.8. The molecule has 5 heteroatoms. The summed E-state index contributed by atoms with van der Waals surface area (Å²) >= 11 is 0. The summed E-state index contributed by atoms with van der Waals surface area (Å²) in [5.41, 5.74) is 7.88. The van der Waals surface area contributed by atoms with E-state index in [1.807, 2.05) is 54.6 Å². The molecule has 0 unspecified atom stereocenters. The number of aliphatic imine (C=N–C) groups is 1. The number of nitrogens with zero attached hydrogens (tertiary/aromatic N) is 1. The predicted molar refractivity (Wildman–Crippen MR) is 108 cm³/mol. The SMILES string of the molecule is CC(C)COc1ccccc1CN=C(N)Nc1ccccc1.I. The van der Waals surface area contributed by atoms with E-state index >= 15 is 0 Å². The lowest BCUT2D eigenvalue weighted by Crippen LogP contribution is -2.22. The molecule has 0 aliphatic heterocycles. The Kier molecular flexibility index (Phi) is 8.47. The average Bonchev–Trinajstić information content (AvgIpc) is 2.52. The van der Waals surface area contributed by atoms with Gasteiger partial charge in [-0.2, -0.15) is 0 Å². The van der Waals surface area contributed by atoms with Crippen LogP contribution in [0.1, 0.15) is 19.4 Å². The molecule has 23 heavy (non-hydrogen) atoms. The molecule has 2 aromatic rings. The Balaban J connectivity index is 0.00000264. The van der Waals surface area contributed by atoms with Gasteiger partial charge in [0.2, 0.25) is 0 Å². The number of hydrogen-bond donors (Lipinski definition) is 2. The van der Waals surface area contributed by atoms with Crippen LogP contribution < -0.4 is 15.8 Å². The molecule has 2 rings (SSSR count). The molecular weight excluding hydrogens is 401 g/mol. The Hall–Kier alpha value is -1.76. The number of halogens is 1. The van der Waals surface area contributed by atoms with Gasteiger partial charge in [-0.05, 0) is 24.1 Å². The van der Waals surface area contributed by atoms with E-state index in [-0.39, 0.29) is 24.0 Å². The quantitative estimate of drug-likeness (QED) is 0.413. The smallest absolute Gasteiger partial charge is 0.193 e. The van der Waals surface area contributed by atoms with Crippen molar-refractivity contribution in [2.24, 2.45) is 16.6 Å². The monoisotopic (exact) mass is 425 g/mol. The number of ether oxygens (including phenoxy) is 1. The molecule has 3 N–H and O–H groups in total. The van der Waals surface area contributed by atoms with Crippen LogP contribution in [0.25, 0.3) is 0 Å². The van der Waals surface area contributed by atoms with Crippen molar-refractivity contribution >= 4 is 35.6 Å². The van der Waals surface area contributed by atoms with Crippen molar-refractivity contribution in [2.45, 2.75) is 20.4 Å². The number of benzene rings is 2. The van der Waals surface area contributed by atoms with Crippen molar-refractivity contribution in [1.29, 1.82) is 0 Å². The Bertz CT molecular complexity index is 615. The number of guanidine groups is 1. The van der Waals surface area contributed by atoms with Crippen LogP contribution in [0.2, 0.25) is 0 Å². The zero-order valence-corrected chi connectivity index (χ0v) is 15.9. The Morgan fingerprint density at radius 2 is 1.74 bits per heavy atom. The summed E-state index contributed by atoms with van der Waals surface area (Å²) in [6.45, 7) is 5.43. The standard InChI is InChI=1S/C18H23N3O.HI/c1-14(2)13-22-17-11-7-6-8-15(17)12-20-18(19)21-16-9-4-3-5-10-16;/h3-11,14H,12-13H2,1-2H3,(H3,19,20,21);1H. The first-order chi connectivity index (χ1) is 10.6. The molecule has 124 valence electrons. The van der Waals surface area contributed by atoms with Crippen LogP contribution in [0, 0.1) is 5.92 Å². The minimum absolute atomic E-state index is 0. The molecule has 0 heterocycles. The van der Waals surface area contributed by atoms with Crippen molar-refractivity contribution in [2.75, 3.05) is 11.9 Å². The van der Waals surface area contributed by atoms with Gasteiger partial charge in [0.15, 0.2) is 5.96 Å². The molecule has 0 atom stereocenters. The maximum atomic E-state index is 5.92.